The normalized spacial score (nSPS) is 18.1. The van der Waals surface area contributed by atoms with Gasteiger partial charge in [-0.25, -0.2) is 4.79 Å². The predicted molar refractivity (Wildman–Crippen MR) is 71.1 cm³/mol. The summed E-state index contributed by atoms with van der Waals surface area (Å²) in [5, 5.41) is 1.74. The van der Waals surface area contributed by atoms with E-state index in [1.165, 1.54) is 7.11 Å². The lowest BCUT2D eigenvalue weighted by atomic mass is 9.93. The second-order valence-electron chi connectivity index (χ2n) is 6.12. The fourth-order valence-corrected chi connectivity index (χ4v) is 1.97. The number of hydrogen-bond acceptors (Lipinski definition) is 5. The Morgan fingerprint density at radius 2 is 1.79 bits per heavy atom. The molecule has 0 spiro atoms. The maximum absolute atomic E-state index is 11.7. The average molecular weight is 271 g/mol. The number of ether oxygens (including phenoxy) is 1. The molecular formula is C14H25NO4. The summed E-state index contributed by atoms with van der Waals surface area (Å²) < 4.78 is 4.63. The van der Waals surface area contributed by atoms with Crippen molar-refractivity contribution in [2.45, 2.75) is 46.5 Å². The van der Waals surface area contributed by atoms with Crippen LogP contribution in [-0.2, 0) is 19.2 Å². The lowest BCUT2D eigenvalue weighted by molar-refractivity contribution is -0.206. The van der Waals surface area contributed by atoms with Crippen molar-refractivity contribution in [2.24, 2.45) is 11.3 Å². The molecule has 0 aromatic heterocycles. The largest absolute Gasteiger partial charge is 0.469 e. The van der Waals surface area contributed by atoms with Gasteiger partial charge in [0.2, 0.25) is 0 Å². The first-order chi connectivity index (χ1) is 8.82. The highest BCUT2D eigenvalue weighted by Crippen LogP contribution is 2.24. The van der Waals surface area contributed by atoms with Crippen LogP contribution in [0, 0.1) is 11.3 Å². The van der Waals surface area contributed by atoms with Gasteiger partial charge in [0.15, 0.2) is 0 Å². The molecule has 0 atom stereocenters. The van der Waals surface area contributed by atoms with Crippen LogP contribution in [0.5, 0.6) is 0 Å². The van der Waals surface area contributed by atoms with Gasteiger partial charge in [0.25, 0.3) is 0 Å². The predicted octanol–water partition coefficient (Wildman–Crippen LogP) is 2.16. The van der Waals surface area contributed by atoms with Crippen LogP contribution in [0.1, 0.15) is 46.5 Å². The molecule has 1 rings (SSSR count). The van der Waals surface area contributed by atoms with Crippen LogP contribution >= 0.6 is 0 Å². The molecule has 0 aromatic carbocycles. The number of rotatable bonds is 4. The van der Waals surface area contributed by atoms with E-state index in [1.807, 2.05) is 20.8 Å². The standard InChI is InChI=1S/C14H25NO4/c1-14(2,3)13(17)19-15-9-7-11(8-10-15)5-6-12(16)18-4/h11H,5-10H2,1-4H3. The number of hydrogen-bond donors (Lipinski definition) is 0. The Morgan fingerprint density at radius 1 is 1.21 bits per heavy atom. The molecule has 1 aliphatic rings. The van der Waals surface area contributed by atoms with Gasteiger partial charge >= 0.3 is 11.9 Å². The van der Waals surface area contributed by atoms with Crippen LogP contribution in [0.25, 0.3) is 0 Å². The second kappa shape index (κ2) is 6.89. The molecule has 0 radical (unpaired) electrons. The van der Waals surface area contributed by atoms with Crippen molar-refractivity contribution in [3.05, 3.63) is 0 Å². The number of hydroxylamine groups is 2. The van der Waals surface area contributed by atoms with Crippen molar-refractivity contribution in [3.63, 3.8) is 0 Å². The molecule has 5 heteroatoms. The average Bonchev–Trinajstić information content (AvgIpc) is 2.36. The van der Waals surface area contributed by atoms with Crippen molar-refractivity contribution < 1.29 is 19.2 Å². The van der Waals surface area contributed by atoms with Crippen LogP contribution in [0.2, 0.25) is 0 Å². The fraction of sp³-hybridized carbons (Fsp3) is 0.857. The SMILES string of the molecule is COC(=O)CCC1CCN(OC(=O)C(C)(C)C)CC1. The highest BCUT2D eigenvalue weighted by molar-refractivity contribution is 5.75. The van der Waals surface area contributed by atoms with Gasteiger partial charge in [-0.2, -0.15) is 0 Å². The fourth-order valence-electron chi connectivity index (χ4n) is 1.97. The zero-order valence-electron chi connectivity index (χ0n) is 12.4. The lowest BCUT2D eigenvalue weighted by Crippen LogP contribution is -2.38. The molecule has 0 N–H and O–H groups in total. The molecule has 0 bridgehead atoms. The number of methoxy groups -OCH3 is 1. The summed E-state index contributed by atoms with van der Waals surface area (Å²) in [6, 6.07) is 0. The molecule has 0 saturated carbocycles. The molecule has 5 nitrogen and oxygen atoms in total. The molecule has 1 saturated heterocycles. The molecule has 0 aromatic rings. The molecule has 0 amide bonds. The van der Waals surface area contributed by atoms with E-state index in [0.29, 0.717) is 12.3 Å². The van der Waals surface area contributed by atoms with Gasteiger partial charge in [0, 0.05) is 19.5 Å². The molecule has 1 fully saturated rings. The zero-order valence-corrected chi connectivity index (χ0v) is 12.4. The van der Waals surface area contributed by atoms with Crippen molar-refractivity contribution in [3.8, 4) is 0 Å². The van der Waals surface area contributed by atoms with Gasteiger partial charge in [0.1, 0.15) is 0 Å². The smallest absolute Gasteiger partial charge is 0.330 e. The summed E-state index contributed by atoms with van der Waals surface area (Å²) >= 11 is 0. The third kappa shape index (κ3) is 5.59. The third-order valence-electron chi connectivity index (χ3n) is 3.38. The van der Waals surface area contributed by atoms with E-state index in [-0.39, 0.29) is 11.9 Å². The molecule has 110 valence electrons. The number of carbonyl (C=O) groups is 2. The topological polar surface area (TPSA) is 55.8 Å². The highest BCUT2D eigenvalue weighted by atomic mass is 16.7. The quantitative estimate of drug-likeness (QED) is 0.733. The van der Waals surface area contributed by atoms with Crippen LogP contribution in [0.4, 0.5) is 0 Å². The zero-order chi connectivity index (χ0) is 14.5. The minimum absolute atomic E-state index is 0.151. The minimum atomic E-state index is -0.471. The molecular weight excluding hydrogens is 246 g/mol. The number of nitrogens with zero attached hydrogens (tertiary/aromatic N) is 1. The van der Waals surface area contributed by atoms with Crippen molar-refractivity contribution in [2.75, 3.05) is 20.2 Å². The van der Waals surface area contributed by atoms with Crippen molar-refractivity contribution in [1.29, 1.82) is 0 Å². The van der Waals surface area contributed by atoms with Crippen LogP contribution < -0.4 is 0 Å². The van der Waals surface area contributed by atoms with E-state index >= 15 is 0 Å². The second-order valence-corrected chi connectivity index (χ2v) is 6.12. The maximum Gasteiger partial charge on any atom is 0.330 e. The Kier molecular flexibility index (Phi) is 5.79. The summed E-state index contributed by atoms with van der Waals surface area (Å²) in [4.78, 5) is 28.2. The summed E-state index contributed by atoms with van der Waals surface area (Å²) in [7, 11) is 1.41. The molecule has 1 aliphatic heterocycles. The molecule has 19 heavy (non-hydrogen) atoms. The Hall–Kier alpha value is -1.10. The molecule has 0 unspecified atom stereocenters. The lowest BCUT2D eigenvalue weighted by Gasteiger charge is -2.32. The highest BCUT2D eigenvalue weighted by Gasteiger charge is 2.28. The first-order valence-corrected chi connectivity index (χ1v) is 6.87. The van der Waals surface area contributed by atoms with Gasteiger partial charge in [-0.1, -0.05) is 0 Å². The van der Waals surface area contributed by atoms with Gasteiger partial charge in [-0.15, -0.1) is 5.06 Å². The van der Waals surface area contributed by atoms with E-state index < -0.39 is 5.41 Å². The summed E-state index contributed by atoms with van der Waals surface area (Å²) in [5.74, 6) is 0.172. The van der Waals surface area contributed by atoms with Crippen LogP contribution in [-0.4, -0.2) is 37.2 Å². The number of piperidine rings is 1. The van der Waals surface area contributed by atoms with E-state index in [4.69, 9.17) is 4.84 Å². The van der Waals surface area contributed by atoms with E-state index in [2.05, 4.69) is 4.74 Å². The van der Waals surface area contributed by atoms with Gasteiger partial charge < -0.3 is 9.57 Å². The van der Waals surface area contributed by atoms with Gasteiger partial charge in [0.05, 0.1) is 12.5 Å². The van der Waals surface area contributed by atoms with Crippen LogP contribution in [0.15, 0.2) is 0 Å². The van der Waals surface area contributed by atoms with E-state index in [9.17, 15) is 9.59 Å². The minimum Gasteiger partial charge on any atom is -0.469 e. The summed E-state index contributed by atoms with van der Waals surface area (Å²) in [6.07, 6.45) is 3.24. The van der Waals surface area contributed by atoms with E-state index in [1.54, 1.807) is 5.06 Å². The Balaban J connectivity index is 2.26. The number of esters is 1. The summed E-state index contributed by atoms with van der Waals surface area (Å²) in [6.45, 7) is 7.02. The van der Waals surface area contributed by atoms with Crippen molar-refractivity contribution in [1.82, 2.24) is 5.06 Å². The van der Waals surface area contributed by atoms with Gasteiger partial charge in [-0.3, -0.25) is 4.79 Å². The third-order valence-corrected chi connectivity index (χ3v) is 3.38. The molecule has 1 heterocycles. The number of carbonyl (C=O) groups excluding carboxylic acids is 2. The van der Waals surface area contributed by atoms with Gasteiger partial charge in [-0.05, 0) is 46.0 Å². The summed E-state index contributed by atoms with van der Waals surface area (Å²) in [5.41, 5.74) is -0.471. The van der Waals surface area contributed by atoms with Crippen LogP contribution in [0.3, 0.4) is 0 Å². The van der Waals surface area contributed by atoms with Crippen molar-refractivity contribution >= 4 is 11.9 Å². The first-order valence-electron chi connectivity index (χ1n) is 6.87. The Morgan fingerprint density at radius 3 is 2.26 bits per heavy atom. The van der Waals surface area contributed by atoms with E-state index in [0.717, 1.165) is 32.4 Å². The first kappa shape index (κ1) is 16.0. The monoisotopic (exact) mass is 271 g/mol. The Labute approximate surface area is 115 Å². The maximum atomic E-state index is 11.7. The molecule has 0 aliphatic carbocycles. The Bertz CT molecular complexity index is 314.